The Morgan fingerprint density at radius 2 is 2.09 bits per heavy atom. The van der Waals surface area contributed by atoms with Crippen LogP contribution in [0.25, 0.3) is 11.4 Å². The number of urea groups is 1. The fourth-order valence-corrected chi connectivity index (χ4v) is 4.32. The summed E-state index contributed by atoms with van der Waals surface area (Å²) < 4.78 is 25.7. The molecule has 2 fully saturated rings. The van der Waals surface area contributed by atoms with Crippen LogP contribution in [-0.2, 0) is 22.6 Å². The van der Waals surface area contributed by atoms with Crippen LogP contribution >= 0.6 is 0 Å². The van der Waals surface area contributed by atoms with E-state index in [0.717, 1.165) is 24.2 Å². The van der Waals surface area contributed by atoms with Crippen molar-refractivity contribution in [3.63, 3.8) is 0 Å². The van der Waals surface area contributed by atoms with Crippen molar-refractivity contribution >= 4 is 23.6 Å². The van der Waals surface area contributed by atoms with E-state index in [1.807, 2.05) is 0 Å². The summed E-state index contributed by atoms with van der Waals surface area (Å²) in [4.78, 5) is 37.7. The second-order valence-corrected chi connectivity index (χ2v) is 9.04. The van der Waals surface area contributed by atoms with Gasteiger partial charge in [0.2, 0.25) is 0 Å². The molecule has 0 radical (unpaired) electrons. The van der Waals surface area contributed by atoms with Crippen LogP contribution in [0, 0.1) is 5.82 Å². The number of carbonyl (C=O) groups is 2. The lowest BCUT2D eigenvalue weighted by atomic mass is 10.1. The van der Waals surface area contributed by atoms with Crippen LogP contribution in [-0.4, -0.2) is 65.4 Å². The molecule has 1 aliphatic carbocycles. The van der Waals surface area contributed by atoms with E-state index in [2.05, 4.69) is 22.5 Å². The molecule has 0 spiro atoms. The number of carbonyl (C=O) groups excluding carboxylic acids is 2. The Morgan fingerprint density at radius 3 is 2.80 bits per heavy atom. The van der Waals surface area contributed by atoms with Crippen LogP contribution < -0.4 is 15.5 Å². The minimum absolute atomic E-state index is 0.0838. The van der Waals surface area contributed by atoms with E-state index in [1.165, 1.54) is 12.1 Å². The summed E-state index contributed by atoms with van der Waals surface area (Å²) >= 11 is 0. The summed E-state index contributed by atoms with van der Waals surface area (Å²) in [5, 5.41) is 5.33. The molecule has 3 aliphatic rings. The molecule has 1 aromatic heterocycles. The predicted molar refractivity (Wildman–Crippen MR) is 126 cm³/mol. The van der Waals surface area contributed by atoms with Gasteiger partial charge in [-0.15, -0.1) is 0 Å². The summed E-state index contributed by atoms with van der Waals surface area (Å²) in [5.41, 5.74) is 2.15. The minimum Gasteiger partial charge on any atom is -0.450 e. The lowest BCUT2D eigenvalue weighted by Crippen LogP contribution is -2.44. The first-order chi connectivity index (χ1) is 16.9. The molecule has 5 rings (SSSR count). The molecular weight excluding hydrogens is 455 g/mol. The van der Waals surface area contributed by atoms with Crippen molar-refractivity contribution in [1.29, 1.82) is 0 Å². The number of hydrogen-bond acceptors (Lipinski definition) is 7. The number of anilines is 2. The van der Waals surface area contributed by atoms with E-state index in [1.54, 1.807) is 17.9 Å². The molecule has 0 unspecified atom stereocenters. The van der Waals surface area contributed by atoms with Crippen molar-refractivity contribution in [2.75, 3.05) is 36.6 Å². The van der Waals surface area contributed by atoms with Crippen LogP contribution in [0.4, 0.5) is 25.5 Å². The fraction of sp³-hybridized carbons (Fsp3) is 0.500. The molecule has 1 atom stereocenters. The SMILES string of the molecule is CCOC(=O)N1Cc2nc(-c3ccc(NC(=O)NC4CC4)c(F)c3)nc(N3CCOC[C@@H]3C)c2C1. The molecule has 2 N–H and O–H groups in total. The van der Waals surface area contributed by atoms with Crippen molar-refractivity contribution in [1.82, 2.24) is 20.2 Å². The molecule has 0 bridgehead atoms. The van der Waals surface area contributed by atoms with E-state index in [-0.39, 0.29) is 24.4 Å². The van der Waals surface area contributed by atoms with Gasteiger partial charge >= 0.3 is 12.1 Å². The lowest BCUT2D eigenvalue weighted by molar-refractivity contribution is 0.0980. The number of fused-ring (bicyclic) bond motifs is 1. The van der Waals surface area contributed by atoms with Crippen molar-refractivity contribution in [3.05, 3.63) is 35.3 Å². The molecule has 1 saturated heterocycles. The number of nitrogens with one attached hydrogen (secondary N) is 2. The van der Waals surface area contributed by atoms with Gasteiger partial charge in [0.25, 0.3) is 0 Å². The van der Waals surface area contributed by atoms with Gasteiger partial charge in [0, 0.05) is 23.7 Å². The van der Waals surface area contributed by atoms with Crippen LogP contribution in [0.1, 0.15) is 37.9 Å². The molecule has 2 aliphatic heterocycles. The normalized spacial score (nSPS) is 19.3. The van der Waals surface area contributed by atoms with Crippen molar-refractivity contribution in [2.45, 2.75) is 51.9 Å². The largest absolute Gasteiger partial charge is 0.450 e. The molecule has 10 nitrogen and oxygen atoms in total. The van der Waals surface area contributed by atoms with Gasteiger partial charge in [0.1, 0.15) is 11.6 Å². The maximum Gasteiger partial charge on any atom is 0.410 e. The Balaban J connectivity index is 1.46. The summed E-state index contributed by atoms with van der Waals surface area (Å²) in [6, 6.07) is 4.35. The van der Waals surface area contributed by atoms with Crippen molar-refractivity contribution in [3.8, 4) is 11.4 Å². The highest BCUT2D eigenvalue weighted by Gasteiger charge is 2.33. The number of amides is 3. The van der Waals surface area contributed by atoms with Crippen molar-refractivity contribution in [2.24, 2.45) is 0 Å². The van der Waals surface area contributed by atoms with E-state index in [9.17, 15) is 14.0 Å². The van der Waals surface area contributed by atoms with E-state index < -0.39 is 17.9 Å². The zero-order valence-electron chi connectivity index (χ0n) is 19.8. The smallest absolute Gasteiger partial charge is 0.410 e. The minimum atomic E-state index is -0.577. The first-order valence-corrected chi connectivity index (χ1v) is 12.0. The third-order valence-electron chi connectivity index (χ3n) is 6.31. The number of nitrogens with zero attached hydrogens (tertiary/aromatic N) is 4. The average molecular weight is 485 g/mol. The van der Waals surface area contributed by atoms with E-state index in [0.29, 0.717) is 49.9 Å². The van der Waals surface area contributed by atoms with E-state index >= 15 is 0 Å². The zero-order chi connectivity index (χ0) is 24.5. The predicted octanol–water partition coefficient (Wildman–Crippen LogP) is 3.26. The van der Waals surface area contributed by atoms with Gasteiger partial charge in [-0.1, -0.05) is 0 Å². The monoisotopic (exact) mass is 484 g/mol. The Morgan fingerprint density at radius 1 is 1.26 bits per heavy atom. The van der Waals surface area contributed by atoms with Crippen molar-refractivity contribution < 1.29 is 23.5 Å². The molecule has 11 heteroatoms. The Labute approximate surface area is 202 Å². The summed E-state index contributed by atoms with van der Waals surface area (Å²) in [6.45, 7) is 6.53. The van der Waals surface area contributed by atoms with Crippen LogP contribution in [0.3, 0.4) is 0 Å². The topological polar surface area (TPSA) is 109 Å². The molecule has 3 heterocycles. The summed E-state index contributed by atoms with van der Waals surface area (Å²) in [5.74, 6) is 0.502. The van der Waals surface area contributed by atoms with Gasteiger partial charge in [-0.05, 0) is 44.9 Å². The molecule has 3 amide bonds. The van der Waals surface area contributed by atoms with Gasteiger partial charge in [-0.3, -0.25) is 4.90 Å². The second-order valence-electron chi connectivity index (χ2n) is 9.04. The molecule has 35 heavy (non-hydrogen) atoms. The summed E-state index contributed by atoms with van der Waals surface area (Å²) in [6.07, 6.45) is 1.49. The number of rotatable bonds is 5. The highest BCUT2D eigenvalue weighted by atomic mass is 19.1. The van der Waals surface area contributed by atoms with Gasteiger partial charge in [-0.2, -0.15) is 0 Å². The lowest BCUT2D eigenvalue weighted by Gasteiger charge is -2.35. The number of morpholine rings is 1. The summed E-state index contributed by atoms with van der Waals surface area (Å²) in [7, 11) is 0. The van der Waals surface area contributed by atoms with Gasteiger partial charge in [0.05, 0.1) is 50.3 Å². The Kier molecular flexibility index (Phi) is 6.42. The third-order valence-corrected chi connectivity index (χ3v) is 6.31. The second kappa shape index (κ2) is 9.65. The number of hydrogen-bond donors (Lipinski definition) is 2. The van der Waals surface area contributed by atoms with Gasteiger partial charge < -0.3 is 25.0 Å². The number of aromatic nitrogens is 2. The van der Waals surface area contributed by atoms with Crippen LogP contribution in [0.15, 0.2) is 18.2 Å². The van der Waals surface area contributed by atoms with Crippen LogP contribution in [0.5, 0.6) is 0 Å². The molecule has 2 aromatic rings. The molecule has 186 valence electrons. The first-order valence-electron chi connectivity index (χ1n) is 12.0. The van der Waals surface area contributed by atoms with Crippen LogP contribution in [0.2, 0.25) is 0 Å². The first kappa shape index (κ1) is 23.3. The maximum absolute atomic E-state index is 14.9. The molecule has 1 aromatic carbocycles. The van der Waals surface area contributed by atoms with Gasteiger partial charge in [-0.25, -0.2) is 23.9 Å². The zero-order valence-corrected chi connectivity index (χ0v) is 19.8. The molecular formula is C24H29FN6O4. The number of halogens is 1. The number of ether oxygens (including phenoxy) is 2. The Bertz CT molecular complexity index is 1140. The van der Waals surface area contributed by atoms with E-state index in [4.69, 9.17) is 19.4 Å². The highest BCUT2D eigenvalue weighted by molar-refractivity contribution is 5.90. The Hall–Kier alpha value is -3.47. The van der Waals surface area contributed by atoms with Gasteiger partial charge in [0.15, 0.2) is 5.82 Å². The molecule has 1 saturated carbocycles. The third kappa shape index (κ3) is 5.00. The fourth-order valence-electron chi connectivity index (χ4n) is 4.32. The highest BCUT2D eigenvalue weighted by Crippen LogP contribution is 2.34. The standard InChI is InChI=1S/C24H29FN6O4/c1-3-35-24(33)30-11-17-20(12-30)27-21(29-22(17)31-8-9-34-13-14(31)2)15-4-7-19(18(25)10-15)28-23(32)26-16-5-6-16/h4,7,10,14,16H,3,5-6,8-9,11-13H2,1-2H3,(H2,26,28,32)/t14-/m0/s1. The quantitative estimate of drug-likeness (QED) is 0.671. The average Bonchev–Trinajstić information content (AvgIpc) is 3.54. The number of benzene rings is 1. The maximum atomic E-state index is 14.9.